The Kier molecular flexibility index (Phi) is 4.86. The molecule has 0 unspecified atom stereocenters. The molecule has 1 saturated heterocycles. The zero-order chi connectivity index (χ0) is 18.6. The van der Waals surface area contributed by atoms with Gasteiger partial charge in [0.15, 0.2) is 5.65 Å². The highest BCUT2D eigenvalue weighted by Crippen LogP contribution is 2.19. The number of carbonyl (C=O) groups excluding carboxylic acids is 1. The van der Waals surface area contributed by atoms with Gasteiger partial charge in [0.2, 0.25) is 0 Å². The molecule has 1 aliphatic rings. The maximum atomic E-state index is 12.9. The van der Waals surface area contributed by atoms with Crippen LogP contribution in [0.3, 0.4) is 0 Å². The molecule has 27 heavy (non-hydrogen) atoms. The van der Waals surface area contributed by atoms with Crippen LogP contribution in [0.15, 0.2) is 42.7 Å². The van der Waals surface area contributed by atoms with Crippen molar-refractivity contribution in [1.29, 1.82) is 0 Å². The molecule has 1 aliphatic heterocycles. The smallest absolute Gasteiger partial charge is 0.256 e. The average molecular weight is 369 g/mol. The van der Waals surface area contributed by atoms with Crippen LogP contribution >= 0.6 is 0 Å². The number of fused-ring (bicyclic) bond motifs is 1. The third-order valence-electron chi connectivity index (χ3n) is 4.50. The van der Waals surface area contributed by atoms with Gasteiger partial charge in [-0.3, -0.25) is 4.79 Å². The van der Waals surface area contributed by atoms with Crippen molar-refractivity contribution >= 4 is 17.4 Å². The van der Waals surface area contributed by atoms with Gasteiger partial charge in [-0.2, -0.15) is 5.10 Å². The van der Waals surface area contributed by atoms with Crippen molar-refractivity contribution in [2.75, 3.05) is 31.1 Å². The van der Waals surface area contributed by atoms with E-state index in [1.54, 1.807) is 16.6 Å². The third kappa shape index (κ3) is 3.84. The second-order valence-electron chi connectivity index (χ2n) is 6.36. The number of anilines is 1. The van der Waals surface area contributed by atoms with Gasteiger partial charge in [-0.25, -0.2) is 13.9 Å². The lowest BCUT2D eigenvalue weighted by molar-refractivity contribution is 0.0948. The summed E-state index contributed by atoms with van der Waals surface area (Å²) in [6.07, 6.45) is 5.66. The van der Waals surface area contributed by atoms with E-state index in [0.29, 0.717) is 23.5 Å². The van der Waals surface area contributed by atoms with Gasteiger partial charge >= 0.3 is 0 Å². The van der Waals surface area contributed by atoms with E-state index in [2.05, 4.69) is 20.3 Å². The SMILES string of the molecule is O=C(NCCOc1ccc(F)cc1)c1cnn2ccc(N3CCCC3)nc12. The molecule has 3 heterocycles. The summed E-state index contributed by atoms with van der Waals surface area (Å²) in [4.78, 5) is 19.3. The first-order valence-corrected chi connectivity index (χ1v) is 8.96. The minimum absolute atomic E-state index is 0.251. The summed E-state index contributed by atoms with van der Waals surface area (Å²) in [5.41, 5.74) is 0.967. The summed E-state index contributed by atoms with van der Waals surface area (Å²) in [7, 11) is 0. The highest BCUT2D eigenvalue weighted by atomic mass is 19.1. The number of halogens is 1. The van der Waals surface area contributed by atoms with Crippen LogP contribution < -0.4 is 15.0 Å². The Morgan fingerprint density at radius 2 is 1.96 bits per heavy atom. The molecule has 1 amide bonds. The second kappa shape index (κ2) is 7.61. The summed E-state index contributed by atoms with van der Waals surface area (Å²) >= 11 is 0. The summed E-state index contributed by atoms with van der Waals surface area (Å²) in [6.45, 7) is 2.57. The zero-order valence-corrected chi connectivity index (χ0v) is 14.8. The lowest BCUT2D eigenvalue weighted by Gasteiger charge is -2.16. The number of carbonyl (C=O) groups is 1. The molecule has 7 nitrogen and oxygen atoms in total. The third-order valence-corrected chi connectivity index (χ3v) is 4.50. The average Bonchev–Trinajstić information content (AvgIpc) is 3.35. The quantitative estimate of drug-likeness (QED) is 0.675. The number of nitrogens with one attached hydrogen (secondary N) is 1. The first-order valence-electron chi connectivity index (χ1n) is 8.96. The molecule has 0 radical (unpaired) electrons. The van der Waals surface area contributed by atoms with Crippen LogP contribution in [0.2, 0.25) is 0 Å². The fourth-order valence-corrected chi connectivity index (χ4v) is 3.10. The maximum Gasteiger partial charge on any atom is 0.256 e. The second-order valence-corrected chi connectivity index (χ2v) is 6.36. The first kappa shape index (κ1) is 17.3. The van der Waals surface area contributed by atoms with Crippen molar-refractivity contribution in [2.45, 2.75) is 12.8 Å². The fourth-order valence-electron chi connectivity index (χ4n) is 3.10. The minimum atomic E-state index is -0.315. The van der Waals surface area contributed by atoms with E-state index < -0.39 is 0 Å². The Labute approximate surface area is 155 Å². The van der Waals surface area contributed by atoms with Crippen molar-refractivity contribution < 1.29 is 13.9 Å². The van der Waals surface area contributed by atoms with Crippen LogP contribution in [-0.2, 0) is 0 Å². The van der Waals surface area contributed by atoms with E-state index in [1.807, 2.05) is 12.3 Å². The minimum Gasteiger partial charge on any atom is -0.492 e. The highest BCUT2D eigenvalue weighted by Gasteiger charge is 2.18. The van der Waals surface area contributed by atoms with Gasteiger partial charge in [0.05, 0.1) is 12.7 Å². The summed E-state index contributed by atoms with van der Waals surface area (Å²) in [5, 5.41) is 7.00. The van der Waals surface area contributed by atoms with Gasteiger partial charge < -0.3 is 15.0 Å². The molecule has 0 saturated carbocycles. The Hall–Kier alpha value is -3.16. The van der Waals surface area contributed by atoms with E-state index in [0.717, 1.165) is 31.7 Å². The van der Waals surface area contributed by atoms with Crippen LogP contribution in [-0.4, -0.2) is 46.7 Å². The van der Waals surface area contributed by atoms with Gasteiger partial charge in [-0.15, -0.1) is 0 Å². The molecular weight excluding hydrogens is 349 g/mol. The summed E-state index contributed by atoms with van der Waals surface area (Å²) in [6, 6.07) is 7.68. The summed E-state index contributed by atoms with van der Waals surface area (Å²) in [5.74, 6) is 0.857. The van der Waals surface area contributed by atoms with E-state index in [9.17, 15) is 9.18 Å². The van der Waals surface area contributed by atoms with Crippen molar-refractivity contribution in [3.63, 3.8) is 0 Å². The molecule has 140 valence electrons. The molecule has 1 N–H and O–H groups in total. The molecule has 1 fully saturated rings. The van der Waals surface area contributed by atoms with E-state index in [4.69, 9.17) is 4.74 Å². The Bertz CT molecular complexity index is 935. The molecule has 4 rings (SSSR count). The zero-order valence-electron chi connectivity index (χ0n) is 14.8. The normalized spacial score (nSPS) is 13.9. The largest absolute Gasteiger partial charge is 0.492 e. The van der Waals surface area contributed by atoms with E-state index >= 15 is 0 Å². The van der Waals surface area contributed by atoms with Crippen LogP contribution in [0.5, 0.6) is 5.75 Å². The van der Waals surface area contributed by atoms with Crippen LogP contribution in [0.1, 0.15) is 23.2 Å². The topological polar surface area (TPSA) is 71.8 Å². The van der Waals surface area contributed by atoms with Gasteiger partial charge in [-0.1, -0.05) is 0 Å². The van der Waals surface area contributed by atoms with Crippen LogP contribution in [0.4, 0.5) is 10.2 Å². The monoisotopic (exact) mass is 369 g/mol. The van der Waals surface area contributed by atoms with Crippen molar-refractivity contribution in [3.8, 4) is 5.75 Å². The number of amides is 1. The number of aromatic nitrogens is 3. The molecule has 0 atom stereocenters. The van der Waals surface area contributed by atoms with Crippen molar-refractivity contribution in [3.05, 3.63) is 54.1 Å². The van der Waals surface area contributed by atoms with Crippen molar-refractivity contribution in [1.82, 2.24) is 19.9 Å². The summed E-state index contributed by atoms with van der Waals surface area (Å²) < 4.78 is 19.9. The van der Waals surface area contributed by atoms with Crippen LogP contribution in [0.25, 0.3) is 5.65 Å². The van der Waals surface area contributed by atoms with Crippen molar-refractivity contribution in [2.24, 2.45) is 0 Å². The van der Waals surface area contributed by atoms with Gasteiger partial charge in [0, 0.05) is 19.3 Å². The van der Waals surface area contributed by atoms with Gasteiger partial charge in [-0.05, 0) is 43.2 Å². The predicted octanol–water partition coefficient (Wildman–Crippen LogP) is 2.28. The molecule has 1 aromatic carbocycles. The van der Waals surface area contributed by atoms with Gasteiger partial charge in [0.25, 0.3) is 5.91 Å². The molecule has 3 aromatic rings. The Morgan fingerprint density at radius 1 is 1.19 bits per heavy atom. The number of ether oxygens (including phenoxy) is 1. The Morgan fingerprint density at radius 3 is 2.74 bits per heavy atom. The van der Waals surface area contributed by atoms with E-state index in [1.165, 1.54) is 18.3 Å². The number of benzene rings is 1. The number of hydrogen-bond acceptors (Lipinski definition) is 5. The predicted molar refractivity (Wildman–Crippen MR) is 98.7 cm³/mol. The molecule has 0 spiro atoms. The Balaban J connectivity index is 1.38. The fraction of sp³-hybridized carbons (Fsp3) is 0.316. The standard InChI is InChI=1S/C19H20FN5O2/c20-14-3-5-15(6-4-14)27-12-8-21-19(26)16-13-22-25-11-7-17(23-18(16)25)24-9-1-2-10-24/h3-7,11,13H,1-2,8-10,12H2,(H,21,26). The number of rotatable bonds is 6. The van der Waals surface area contributed by atoms with Crippen LogP contribution in [0, 0.1) is 5.82 Å². The number of hydrogen-bond donors (Lipinski definition) is 1. The lowest BCUT2D eigenvalue weighted by atomic mass is 10.3. The molecule has 8 heteroatoms. The number of nitrogens with zero attached hydrogens (tertiary/aromatic N) is 4. The lowest BCUT2D eigenvalue weighted by Crippen LogP contribution is -2.28. The highest BCUT2D eigenvalue weighted by molar-refractivity contribution is 5.99. The molecule has 0 bridgehead atoms. The van der Waals surface area contributed by atoms with E-state index in [-0.39, 0.29) is 18.3 Å². The van der Waals surface area contributed by atoms with Gasteiger partial charge in [0.1, 0.15) is 29.6 Å². The molecule has 2 aromatic heterocycles. The molecule has 0 aliphatic carbocycles. The molecular formula is C19H20FN5O2. The first-order chi connectivity index (χ1) is 13.2. The maximum absolute atomic E-state index is 12.9.